The number of rotatable bonds is 3. The van der Waals surface area contributed by atoms with Crippen LogP contribution in [-0.2, 0) is 4.79 Å². The predicted molar refractivity (Wildman–Crippen MR) is 53.1 cm³/mol. The number of hydrogen-bond donors (Lipinski definition) is 0. The van der Waals surface area contributed by atoms with Gasteiger partial charge in [-0.1, -0.05) is 25.7 Å². The first-order valence-corrected chi connectivity index (χ1v) is 5.79. The second-order valence-electron chi connectivity index (χ2n) is 4.73. The maximum absolute atomic E-state index is 11.0. The van der Waals surface area contributed by atoms with Crippen molar-refractivity contribution >= 4 is 6.29 Å². The molecule has 0 heterocycles. The molecule has 1 radical (unpaired) electrons. The average Bonchev–Trinajstić information content (AvgIpc) is 2.76. The van der Waals surface area contributed by atoms with Crippen molar-refractivity contribution in [3.63, 3.8) is 0 Å². The Bertz CT molecular complexity index is 148. The summed E-state index contributed by atoms with van der Waals surface area (Å²) in [5, 5.41) is 0. The van der Waals surface area contributed by atoms with Gasteiger partial charge in [-0.25, -0.2) is 0 Å². The third kappa shape index (κ3) is 1.95. The van der Waals surface area contributed by atoms with Crippen LogP contribution in [0.5, 0.6) is 0 Å². The van der Waals surface area contributed by atoms with Gasteiger partial charge in [-0.3, -0.25) is 4.79 Å². The van der Waals surface area contributed by atoms with E-state index in [1.54, 1.807) is 0 Å². The Labute approximate surface area is 80.9 Å². The van der Waals surface area contributed by atoms with Crippen molar-refractivity contribution in [2.24, 2.45) is 17.8 Å². The Morgan fingerprint density at radius 1 is 0.846 bits per heavy atom. The zero-order valence-corrected chi connectivity index (χ0v) is 8.30. The molecule has 73 valence electrons. The van der Waals surface area contributed by atoms with Gasteiger partial charge in [-0.15, -0.1) is 0 Å². The summed E-state index contributed by atoms with van der Waals surface area (Å²) in [6.45, 7) is 0. The molecule has 0 atom stereocenters. The van der Waals surface area contributed by atoms with Gasteiger partial charge in [-0.2, -0.15) is 0 Å². The van der Waals surface area contributed by atoms with Crippen molar-refractivity contribution in [1.82, 2.24) is 0 Å². The monoisotopic (exact) mass is 179 g/mol. The fourth-order valence-corrected chi connectivity index (χ4v) is 3.21. The quantitative estimate of drug-likeness (QED) is 0.650. The van der Waals surface area contributed by atoms with E-state index in [0.29, 0.717) is 17.8 Å². The topological polar surface area (TPSA) is 17.1 Å². The van der Waals surface area contributed by atoms with Crippen molar-refractivity contribution in [2.45, 2.75) is 51.4 Å². The maximum atomic E-state index is 11.0. The van der Waals surface area contributed by atoms with E-state index >= 15 is 0 Å². The number of hydrogen-bond acceptors (Lipinski definition) is 1. The van der Waals surface area contributed by atoms with Crippen LogP contribution in [0.1, 0.15) is 51.4 Å². The van der Waals surface area contributed by atoms with E-state index < -0.39 is 0 Å². The Morgan fingerprint density at radius 3 is 1.54 bits per heavy atom. The number of carbonyl (C=O) groups excluding carboxylic acids is 1. The standard InChI is InChI=1S/C12H19O/c13-9-12(10-5-1-2-6-10)11-7-3-4-8-11/h10-12H,1-8H2. The summed E-state index contributed by atoms with van der Waals surface area (Å²) < 4.78 is 0. The largest absolute Gasteiger partial charge is 0.291 e. The lowest BCUT2D eigenvalue weighted by molar-refractivity contribution is 0.296. The van der Waals surface area contributed by atoms with Gasteiger partial charge in [0.05, 0.1) is 0 Å². The van der Waals surface area contributed by atoms with Gasteiger partial charge in [0.1, 0.15) is 0 Å². The van der Waals surface area contributed by atoms with E-state index in [1.807, 2.05) is 0 Å². The smallest absolute Gasteiger partial charge is 0.202 e. The van der Waals surface area contributed by atoms with E-state index in [1.165, 1.54) is 51.4 Å². The highest BCUT2D eigenvalue weighted by Crippen LogP contribution is 2.40. The summed E-state index contributed by atoms with van der Waals surface area (Å²) >= 11 is 0. The van der Waals surface area contributed by atoms with Gasteiger partial charge in [0.15, 0.2) is 0 Å². The molecule has 0 aliphatic heterocycles. The molecule has 0 N–H and O–H groups in total. The molecule has 0 unspecified atom stereocenters. The highest BCUT2D eigenvalue weighted by molar-refractivity contribution is 5.55. The molecule has 2 saturated carbocycles. The molecule has 0 spiro atoms. The summed E-state index contributed by atoms with van der Waals surface area (Å²) in [7, 11) is 0. The van der Waals surface area contributed by atoms with Gasteiger partial charge in [-0.05, 0) is 37.5 Å². The van der Waals surface area contributed by atoms with Crippen molar-refractivity contribution in [3.8, 4) is 0 Å². The molecule has 0 aromatic rings. The summed E-state index contributed by atoms with van der Waals surface area (Å²) in [4.78, 5) is 11.0. The minimum atomic E-state index is 0.296. The van der Waals surface area contributed by atoms with Gasteiger partial charge < -0.3 is 0 Å². The van der Waals surface area contributed by atoms with Crippen molar-refractivity contribution < 1.29 is 4.79 Å². The first-order chi connectivity index (χ1) is 6.42. The molecule has 0 amide bonds. The average molecular weight is 179 g/mol. The lowest BCUT2D eigenvalue weighted by Gasteiger charge is -2.22. The van der Waals surface area contributed by atoms with Crippen LogP contribution < -0.4 is 0 Å². The van der Waals surface area contributed by atoms with Crippen molar-refractivity contribution in [3.05, 3.63) is 0 Å². The van der Waals surface area contributed by atoms with Crippen molar-refractivity contribution in [2.75, 3.05) is 0 Å². The molecule has 0 aromatic heterocycles. The van der Waals surface area contributed by atoms with E-state index in [2.05, 4.69) is 6.29 Å². The highest BCUT2D eigenvalue weighted by atomic mass is 16.1. The molecule has 2 aliphatic rings. The van der Waals surface area contributed by atoms with Crippen molar-refractivity contribution in [1.29, 1.82) is 0 Å². The van der Waals surface area contributed by atoms with E-state index in [9.17, 15) is 4.79 Å². The summed E-state index contributed by atoms with van der Waals surface area (Å²) in [6, 6.07) is 0. The van der Waals surface area contributed by atoms with Crippen LogP contribution in [0.25, 0.3) is 0 Å². The third-order valence-electron chi connectivity index (χ3n) is 3.95. The minimum Gasteiger partial charge on any atom is -0.291 e. The van der Waals surface area contributed by atoms with Crippen LogP contribution in [0.15, 0.2) is 0 Å². The highest BCUT2D eigenvalue weighted by Gasteiger charge is 2.33. The fourth-order valence-electron chi connectivity index (χ4n) is 3.21. The lowest BCUT2D eigenvalue weighted by Crippen LogP contribution is -2.21. The second kappa shape index (κ2) is 4.26. The molecule has 13 heavy (non-hydrogen) atoms. The van der Waals surface area contributed by atoms with Gasteiger partial charge in [0.25, 0.3) is 0 Å². The van der Waals surface area contributed by atoms with Crippen LogP contribution in [0.2, 0.25) is 0 Å². The first-order valence-electron chi connectivity index (χ1n) is 5.79. The normalized spacial score (nSPS) is 25.9. The lowest BCUT2D eigenvalue weighted by atomic mass is 9.81. The third-order valence-corrected chi connectivity index (χ3v) is 3.95. The minimum absolute atomic E-state index is 0.296. The molecule has 2 aliphatic carbocycles. The first kappa shape index (κ1) is 9.23. The molecule has 0 bridgehead atoms. The molecular weight excluding hydrogens is 160 g/mol. The Morgan fingerprint density at radius 2 is 1.23 bits per heavy atom. The molecule has 0 saturated heterocycles. The maximum Gasteiger partial charge on any atom is 0.202 e. The summed E-state index contributed by atoms with van der Waals surface area (Å²) in [5.41, 5.74) is 0. The molecule has 2 rings (SSSR count). The Balaban J connectivity index is 1.94. The van der Waals surface area contributed by atoms with Crippen LogP contribution in [-0.4, -0.2) is 6.29 Å². The van der Waals surface area contributed by atoms with E-state index in [4.69, 9.17) is 0 Å². The second-order valence-corrected chi connectivity index (χ2v) is 4.73. The Hall–Kier alpha value is -0.330. The summed E-state index contributed by atoms with van der Waals surface area (Å²) in [5.74, 6) is 1.69. The van der Waals surface area contributed by atoms with Crippen LogP contribution >= 0.6 is 0 Å². The molecule has 1 nitrogen and oxygen atoms in total. The van der Waals surface area contributed by atoms with Gasteiger partial charge in [0.2, 0.25) is 6.29 Å². The van der Waals surface area contributed by atoms with E-state index in [0.717, 1.165) is 0 Å². The zero-order chi connectivity index (χ0) is 9.10. The SMILES string of the molecule is O=[C]C(C1CCCC1)C1CCCC1. The fraction of sp³-hybridized carbons (Fsp3) is 0.917. The molecule has 0 aromatic carbocycles. The molecular formula is C12H19O. The zero-order valence-electron chi connectivity index (χ0n) is 8.30. The predicted octanol–water partition coefficient (Wildman–Crippen LogP) is 3.09. The van der Waals surface area contributed by atoms with Gasteiger partial charge >= 0.3 is 0 Å². The Kier molecular flexibility index (Phi) is 3.02. The van der Waals surface area contributed by atoms with E-state index in [-0.39, 0.29) is 0 Å². The molecule has 1 heteroatoms. The van der Waals surface area contributed by atoms with Crippen LogP contribution in [0.3, 0.4) is 0 Å². The van der Waals surface area contributed by atoms with Crippen LogP contribution in [0, 0.1) is 17.8 Å². The van der Waals surface area contributed by atoms with Crippen LogP contribution in [0.4, 0.5) is 0 Å². The summed E-state index contributed by atoms with van der Waals surface area (Å²) in [6.07, 6.45) is 12.9. The molecule has 2 fully saturated rings. The van der Waals surface area contributed by atoms with Gasteiger partial charge in [0, 0.05) is 5.92 Å².